The van der Waals surface area contributed by atoms with E-state index in [-0.39, 0.29) is 0 Å². The predicted molar refractivity (Wildman–Crippen MR) is 70.3 cm³/mol. The number of nitrogens with zero attached hydrogens (tertiary/aromatic N) is 2. The molecule has 1 aromatic rings. The summed E-state index contributed by atoms with van der Waals surface area (Å²) < 4.78 is 0. The highest BCUT2D eigenvalue weighted by Crippen LogP contribution is 2.18. The highest BCUT2D eigenvalue weighted by Gasteiger charge is 2.12. The molecule has 0 aromatic heterocycles. The largest absolute Gasteiger partial charge is 0.302 e. The van der Waals surface area contributed by atoms with Crippen molar-refractivity contribution in [1.29, 1.82) is 5.26 Å². The van der Waals surface area contributed by atoms with Gasteiger partial charge in [0.15, 0.2) is 6.07 Å². The summed E-state index contributed by atoms with van der Waals surface area (Å²) in [5.41, 5.74) is 3.70. The van der Waals surface area contributed by atoms with Gasteiger partial charge >= 0.3 is 0 Å². The first-order valence-corrected chi connectivity index (χ1v) is 6.00. The van der Waals surface area contributed by atoms with Crippen LogP contribution in [0.2, 0.25) is 0 Å². The third-order valence-electron chi connectivity index (χ3n) is 2.67. The average molecular weight is 226 g/mol. The Morgan fingerprint density at radius 1 is 1.24 bits per heavy atom. The number of likely N-dealkylation sites (N-methyl/N-ethyl adjacent to an activating group) is 1. The van der Waals surface area contributed by atoms with Gasteiger partial charge in [0.25, 0.3) is 0 Å². The van der Waals surface area contributed by atoms with Crippen LogP contribution in [0.1, 0.15) is 30.5 Å². The second-order valence-electron chi connectivity index (χ2n) is 3.83. The number of benzene rings is 1. The first-order valence-electron chi connectivity index (χ1n) is 6.00. The number of fused-ring (bicyclic) bond motifs is 1. The Bertz CT molecular complexity index is 472. The van der Waals surface area contributed by atoms with Crippen LogP contribution in [0.15, 0.2) is 18.2 Å². The van der Waals surface area contributed by atoms with Gasteiger partial charge in [-0.1, -0.05) is 25.8 Å². The fourth-order valence-electron chi connectivity index (χ4n) is 1.87. The van der Waals surface area contributed by atoms with Gasteiger partial charge in [0.2, 0.25) is 0 Å². The van der Waals surface area contributed by atoms with E-state index in [0.717, 1.165) is 25.1 Å². The minimum Gasteiger partial charge on any atom is -0.302 e. The van der Waals surface area contributed by atoms with Crippen LogP contribution in [-0.4, -0.2) is 18.5 Å². The van der Waals surface area contributed by atoms with Crippen LogP contribution in [0.3, 0.4) is 0 Å². The zero-order valence-electron chi connectivity index (χ0n) is 10.7. The third kappa shape index (κ3) is 3.63. The summed E-state index contributed by atoms with van der Waals surface area (Å²) in [5, 5.41) is 8.37. The zero-order chi connectivity index (χ0) is 12.7. The van der Waals surface area contributed by atoms with E-state index in [0.29, 0.717) is 0 Å². The quantitative estimate of drug-likeness (QED) is 0.636. The minimum atomic E-state index is 0.944. The van der Waals surface area contributed by atoms with Crippen LogP contribution in [-0.2, 0) is 13.0 Å². The van der Waals surface area contributed by atoms with Crippen LogP contribution < -0.4 is 0 Å². The highest BCUT2D eigenvalue weighted by molar-refractivity contribution is 5.43. The van der Waals surface area contributed by atoms with Gasteiger partial charge < -0.3 is 4.90 Å². The molecule has 0 radical (unpaired) electrons. The summed E-state index contributed by atoms with van der Waals surface area (Å²) in [6.07, 6.45) is 1.08. The Hall–Kier alpha value is -1.77. The standard InChI is InChI=1S/C13H12N2.C2H6/c1-15-8-6-12-9-11(3-2-7-14)4-5-13(12)10-15;1-2/h4-5,9H,6,8,10H2,1H3;1-2H3. The lowest BCUT2D eigenvalue weighted by atomic mass is 9.98. The van der Waals surface area contributed by atoms with Gasteiger partial charge in [-0.3, -0.25) is 0 Å². The molecule has 0 aliphatic carbocycles. The van der Waals surface area contributed by atoms with Crippen molar-refractivity contribution in [3.8, 4) is 17.9 Å². The van der Waals surface area contributed by atoms with Gasteiger partial charge in [-0.05, 0) is 36.7 Å². The van der Waals surface area contributed by atoms with Crippen molar-refractivity contribution in [2.45, 2.75) is 26.8 Å². The van der Waals surface area contributed by atoms with E-state index >= 15 is 0 Å². The fraction of sp³-hybridized carbons (Fsp3) is 0.400. The van der Waals surface area contributed by atoms with Crippen molar-refractivity contribution in [3.05, 3.63) is 34.9 Å². The van der Waals surface area contributed by atoms with Gasteiger partial charge in [0.05, 0.1) is 0 Å². The molecule has 0 unspecified atom stereocenters. The number of hydrogen-bond acceptors (Lipinski definition) is 2. The van der Waals surface area contributed by atoms with Crippen molar-refractivity contribution < 1.29 is 0 Å². The van der Waals surface area contributed by atoms with Gasteiger partial charge in [-0.2, -0.15) is 5.26 Å². The van der Waals surface area contributed by atoms with E-state index < -0.39 is 0 Å². The number of nitriles is 1. The monoisotopic (exact) mass is 226 g/mol. The van der Waals surface area contributed by atoms with Crippen molar-refractivity contribution in [2.75, 3.05) is 13.6 Å². The fourth-order valence-corrected chi connectivity index (χ4v) is 1.87. The lowest BCUT2D eigenvalue weighted by Gasteiger charge is -2.24. The van der Waals surface area contributed by atoms with Crippen LogP contribution in [0.4, 0.5) is 0 Å². The zero-order valence-corrected chi connectivity index (χ0v) is 10.7. The van der Waals surface area contributed by atoms with Crippen molar-refractivity contribution in [2.24, 2.45) is 0 Å². The molecule has 0 bridgehead atoms. The highest BCUT2D eigenvalue weighted by atomic mass is 15.1. The molecular weight excluding hydrogens is 208 g/mol. The van der Waals surface area contributed by atoms with Crippen LogP contribution >= 0.6 is 0 Å². The molecule has 0 spiro atoms. The molecule has 1 heterocycles. The van der Waals surface area contributed by atoms with E-state index in [1.54, 1.807) is 0 Å². The maximum atomic E-state index is 8.37. The number of hydrogen-bond donors (Lipinski definition) is 0. The molecule has 0 N–H and O–H groups in total. The molecule has 88 valence electrons. The second-order valence-corrected chi connectivity index (χ2v) is 3.83. The second kappa shape index (κ2) is 6.74. The summed E-state index contributed by atoms with van der Waals surface area (Å²) in [7, 11) is 2.13. The maximum Gasteiger partial charge on any atom is 0.152 e. The van der Waals surface area contributed by atoms with E-state index in [1.165, 1.54) is 11.1 Å². The molecule has 1 aliphatic rings. The molecule has 0 fully saturated rings. The molecule has 2 heteroatoms. The molecule has 0 saturated carbocycles. The molecule has 0 amide bonds. The maximum absolute atomic E-state index is 8.37. The molecule has 0 saturated heterocycles. The third-order valence-corrected chi connectivity index (χ3v) is 2.67. The van der Waals surface area contributed by atoms with Crippen molar-refractivity contribution in [3.63, 3.8) is 0 Å². The van der Waals surface area contributed by atoms with Crippen molar-refractivity contribution in [1.82, 2.24) is 4.90 Å². The Morgan fingerprint density at radius 3 is 2.71 bits per heavy atom. The van der Waals surface area contributed by atoms with E-state index in [1.807, 2.05) is 26.0 Å². The summed E-state index contributed by atoms with van der Waals surface area (Å²) in [6.45, 7) is 6.11. The van der Waals surface area contributed by atoms with E-state index in [4.69, 9.17) is 5.26 Å². The summed E-state index contributed by atoms with van der Waals surface area (Å²) in [5.74, 6) is 5.26. The number of rotatable bonds is 0. The molecular formula is C15H18N2. The molecule has 1 aromatic carbocycles. The Balaban J connectivity index is 0.000000686. The average Bonchev–Trinajstić information content (AvgIpc) is 2.38. The van der Waals surface area contributed by atoms with Gasteiger partial charge in [0, 0.05) is 24.6 Å². The van der Waals surface area contributed by atoms with E-state index in [9.17, 15) is 0 Å². The van der Waals surface area contributed by atoms with Crippen molar-refractivity contribution >= 4 is 0 Å². The van der Waals surface area contributed by atoms with Gasteiger partial charge in [0.1, 0.15) is 0 Å². The Morgan fingerprint density at radius 2 is 2.00 bits per heavy atom. The van der Waals surface area contributed by atoms with Crippen LogP contribution in [0, 0.1) is 23.2 Å². The SMILES string of the molecule is CC.CN1CCc2cc(C#CC#N)ccc2C1. The Labute approximate surface area is 104 Å². The lowest BCUT2D eigenvalue weighted by Crippen LogP contribution is -2.26. The Kier molecular flexibility index (Phi) is 5.27. The molecule has 1 aliphatic heterocycles. The van der Waals surface area contributed by atoms with Gasteiger partial charge in [-0.15, -0.1) is 0 Å². The molecule has 2 nitrogen and oxygen atoms in total. The molecule has 2 rings (SSSR count). The predicted octanol–water partition coefficient (Wildman–Crippen LogP) is 2.58. The first kappa shape index (κ1) is 13.3. The molecule has 0 atom stereocenters. The summed E-state index contributed by atoms with van der Waals surface area (Å²) in [6, 6.07) is 8.04. The van der Waals surface area contributed by atoms with Crippen LogP contribution in [0.25, 0.3) is 0 Å². The summed E-state index contributed by atoms with van der Waals surface area (Å²) in [4.78, 5) is 2.31. The normalized spacial score (nSPS) is 13.3. The van der Waals surface area contributed by atoms with E-state index in [2.05, 4.69) is 35.9 Å². The lowest BCUT2D eigenvalue weighted by molar-refractivity contribution is 0.313. The first-order chi connectivity index (χ1) is 8.29. The van der Waals surface area contributed by atoms with Gasteiger partial charge in [-0.25, -0.2) is 0 Å². The smallest absolute Gasteiger partial charge is 0.152 e. The summed E-state index contributed by atoms with van der Waals surface area (Å²) >= 11 is 0. The molecule has 17 heavy (non-hydrogen) atoms. The topological polar surface area (TPSA) is 27.0 Å². The van der Waals surface area contributed by atoms with Crippen LogP contribution in [0.5, 0.6) is 0 Å². The minimum absolute atomic E-state index is 0.944.